The molecule has 5 heteroatoms. The molecule has 0 amide bonds. The van der Waals surface area contributed by atoms with Crippen LogP contribution in [0, 0.1) is 10.1 Å². The number of unbranched alkanes of at least 4 members (excludes halogenated alkanes) is 6. The van der Waals surface area contributed by atoms with Gasteiger partial charge in [0.1, 0.15) is 6.10 Å². The third kappa shape index (κ3) is 12.7. The van der Waals surface area contributed by atoms with Crippen LogP contribution in [-0.4, -0.2) is 28.5 Å². The third-order valence-corrected chi connectivity index (χ3v) is 3.68. The van der Waals surface area contributed by atoms with Crippen molar-refractivity contribution in [1.29, 1.82) is 0 Å². The minimum atomic E-state index is -0.968. The lowest BCUT2D eigenvalue weighted by Crippen LogP contribution is -2.32. The Kier molecular flexibility index (Phi) is 14.4. The molecule has 2 unspecified atom stereocenters. The highest BCUT2D eigenvalue weighted by Gasteiger charge is 2.27. The van der Waals surface area contributed by atoms with Crippen LogP contribution in [0.3, 0.4) is 0 Å². The smallest absolute Gasteiger partial charge is 0.242 e. The number of rotatable bonds is 15. The molecule has 0 aliphatic rings. The van der Waals surface area contributed by atoms with Crippen molar-refractivity contribution in [3.05, 3.63) is 34.4 Å². The van der Waals surface area contributed by atoms with Crippen LogP contribution in [0.5, 0.6) is 0 Å². The van der Waals surface area contributed by atoms with Crippen molar-refractivity contribution in [3.8, 4) is 0 Å². The topological polar surface area (TPSA) is 80.4 Å². The maximum absolute atomic E-state index is 11.1. The van der Waals surface area contributed by atoms with Crippen molar-refractivity contribution in [1.82, 2.24) is 0 Å². The molecule has 5 nitrogen and oxygen atoms in total. The molecule has 0 aromatic rings. The zero-order valence-electron chi connectivity index (χ0n) is 14.2. The summed E-state index contributed by atoms with van der Waals surface area (Å²) in [6.45, 7) is 2.14. The Balaban J connectivity index is 4.04. The molecule has 2 atom stereocenters. The first kappa shape index (κ1) is 21.5. The van der Waals surface area contributed by atoms with Gasteiger partial charge in [-0.05, 0) is 38.5 Å². The van der Waals surface area contributed by atoms with E-state index < -0.39 is 17.1 Å². The fourth-order valence-electron chi connectivity index (χ4n) is 2.22. The van der Waals surface area contributed by atoms with Gasteiger partial charge in [-0.25, -0.2) is 0 Å². The standard InChI is InChI=1S/C18H30NO4/c1-2-3-4-5-8-11-14-17(19(22)23)18(21)15-12-9-6-7-10-13-16-20/h8-9,11-12,17-18,21H,2-7,10,13-15H2,1H3/b11-8-,12-9-. The van der Waals surface area contributed by atoms with E-state index in [9.17, 15) is 20.0 Å². The Morgan fingerprint density at radius 1 is 1.04 bits per heavy atom. The van der Waals surface area contributed by atoms with Crippen LogP contribution in [0.25, 0.3) is 0 Å². The predicted octanol–water partition coefficient (Wildman–Crippen LogP) is 4.14. The summed E-state index contributed by atoms with van der Waals surface area (Å²) in [4.78, 5) is 20.7. The summed E-state index contributed by atoms with van der Waals surface area (Å²) >= 11 is 0. The van der Waals surface area contributed by atoms with Crippen LogP contribution in [0.15, 0.2) is 24.3 Å². The Hall–Kier alpha value is -1.49. The highest BCUT2D eigenvalue weighted by Crippen LogP contribution is 2.11. The van der Waals surface area contributed by atoms with Crippen molar-refractivity contribution in [2.75, 3.05) is 0 Å². The molecule has 0 heterocycles. The van der Waals surface area contributed by atoms with Gasteiger partial charge in [0.05, 0.1) is 0 Å². The van der Waals surface area contributed by atoms with Gasteiger partial charge in [-0.3, -0.25) is 14.9 Å². The van der Waals surface area contributed by atoms with E-state index in [-0.39, 0.29) is 12.8 Å². The van der Waals surface area contributed by atoms with Crippen LogP contribution < -0.4 is 0 Å². The molecular weight excluding hydrogens is 294 g/mol. The van der Waals surface area contributed by atoms with Gasteiger partial charge in [0.2, 0.25) is 6.04 Å². The summed E-state index contributed by atoms with van der Waals surface area (Å²) in [6, 6.07) is -0.952. The van der Waals surface area contributed by atoms with E-state index in [1.807, 2.05) is 24.5 Å². The molecule has 0 aliphatic heterocycles. The van der Waals surface area contributed by atoms with Crippen molar-refractivity contribution < 1.29 is 14.8 Å². The molecule has 0 saturated heterocycles. The minimum absolute atomic E-state index is 0.267. The second-order valence-electron chi connectivity index (χ2n) is 5.72. The van der Waals surface area contributed by atoms with E-state index in [1.54, 1.807) is 6.08 Å². The predicted molar refractivity (Wildman–Crippen MR) is 92.6 cm³/mol. The Labute approximate surface area is 139 Å². The molecule has 131 valence electrons. The monoisotopic (exact) mass is 324 g/mol. The third-order valence-electron chi connectivity index (χ3n) is 3.68. The van der Waals surface area contributed by atoms with Gasteiger partial charge in [-0.1, -0.05) is 44.1 Å². The number of aliphatic hydroxyl groups excluding tert-OH is 1. The summed E-state index contributed by atoms with van der Waals surface area (Å²) in [5.74, 6) is 0. The Morgan fingerprint density at radius 2 is 1.65 bits per heavy atom. The fraction of sp³-hybridized carbons (Fsp3) is 0.722. The van der Waals surface area contributed by atoms with Crippen LogP contribution in [-0.2, 0) is 4.79 Å². The average molecular weight is 324 g/mol. The number of carbonyl (C=O) groups excluding carboxylic acids is 1. The number of nitrogens with zero attached hydrogens (tertiary/aromatic N) is 1. The summed E-state index contributed by atoms with van der Waals surface area (Å²) < 4.78 is 0. The lowest BCUT2D eigenvalue weighted by molar-refractivity contribution is -0.533. The van der Waals surface area contributed by atoms with Crippen molar-refractivity contribution in [3.63, 3.8) is 0 Å². The van der Waals surface area contributed by atoms with Gasteiger partial charge in [0, 0.05) is 17.8 Å². The highest BCUT2D eigenvalue weighted by molar-refractivity contribution is 5.50. The summed E-state index contributed by atoms with van der Waals surface area (Å²) in [5, 5.41) is 21.0. The molecule has 0 saturated carbocycles. The molecule has 0 rings (SSSR count). The zero-order chi connectivity index (χ0) is 17.3. The SMILES string of the molecule is CCCCC/C=C\CC(C(O)C/C=C\CCCC[C]=O)[N+](=O)[O-]. The van der Waals surface area contributed by atoms with E-state index in [0.717, 1.165) is 38.5 Å². The van der Waals surface area contributed by atoms with Crippen LogP contribution in [0.2, 0.25) is 0 Å². The maximum Gasteiger partial charge on any atom is 0.242 e. The first-order valence-corrected chi connectivity index (χ1v) is 8.60. The van der Waals surface area contributed by atoms with Crippen LogP contribution >= 0.6 is 0 Å². The molecule has 0 bridgehead atoms. The summed E-state index contributed by atoms with van der Waals surface area (Å²) in [5.41, 5.74) is 0. The highest BCUT2D eigenvalue weighted by atomic mass is 16.6. The lowest BCUT2D eigenvalue weighted by atomic mass is 10.0. The number of hydrogen-bond acceptors (Lipinski definition) is 4. The molecule has 0 aliphatic carbocycles. The normalized spacial score (nSPS) is 14.3. The first-order chi connectivity index (χ1) is 11.1. The Bertz CT molecular complexity index is 366. The van der Waals surface area contributed by atoms with Gasteiger partial charge >= 0.3 is 0 Å². The van der Waals surface area contributed by atoms with E-state index >= 15 is 0 Å². The van der Waals surface area contributed by atoms with Gasteiger partial charge < -0.3 is 5.11 Å². The largest absolute Gasteiger partial charge is 0.386 e. The van der Waals surface area contributed by atoms with Gasteiger partial charge in [-0.2, -0.15) is 0 Å². The molecule has 23 heavy (non-hydrogen) atoms. The van der Waals surface area contributed by atoms with Crippen LogP contribution in [0.4, 0.5) is 0 Å². The lowest BCUT2D eigenvalue weighted by Gasteiger charge is -2.12. The van der Waals surface area contributed by atoms with Gasteiger partial charge in [-0.15, -0.1) is 0 Å². The number of aliphatic hydroxyl groups is 1. The Morgan fingerprint density at radius 3 is 2.22 bits per heavy atom. The molecule has 0 spiro atoms. The second kappa shape index (κ2) is 15.4. The molecule has 1 N–H and O–H groups in total. The van der Waals surface area contributed by atoms with Crippen molar-refractivity contribution >= 4 is 6.29 Å². The maximum atomic E-state index is 11.1. The molecule has 0 aromatic heterocycles. The van der Waals surface area contributed by atoms with E-state index in [2.05, 4.69) is 6.92 Å². The quantitative estimate of drug-likeness (QED) is 0.212. The van der Waals surface area contributed by atoms with Crippen molar-refractivity contribution in [2.45, 2.75) is 83.3 Å². The number of hydrogen-bond donors (Lipinski definition) is 1. The number of nitro groups is 1. The van der Waals surface area contributed by atoms with Gasteiger partial charge in [0.25, 0.3) is 0 Å². The average Bonchev–Trinajstić information content (AvgIpc) is 2.52. The second-order valence-corrected chi connectivity index (χ2v) is 5.72. The molecule has 0 aromatic carbocycles. The molecule has 0 fully saturated rings. The van der Waals surface area contributed by atoms with Crippen molar-refractivity contribution in [2.24, 2.45) is 0 Å². The minimum Gasteiger partial charge on any atom is -0.386 e. The molecule has 1 radical (unpaired) electrons. The van der Waals surface area contributed by atoms with E-state index in [0.29, 0.717) is 6.42 Å². The summed E-state index contributed by atoms with van der Waals surface area (Å²) in [6.07, 6.45) is 16.2. The van der Waals surface area contributed by atoms with Gasteiger partial charge in [0.15, 0.2) is 6.29 Å². The first-order valence-electron chi connectivity index (χ1n) is 8.60. The zero-order valence-corrected chi connectivity index (χ0v) is 14.2. The molecular formula is C18H30NO4. The summed E-state index contributed by atoms with van der Waals surface area (Å²) in [7, 11) is 0. The van der Waals surface area contributed by atoms with E-state index in [4.69, 9.17) is 0 Å². The van der Waals surface area contributed by atoms with Crippen LogP contribution in [0.1, 0.15) is 71.1 Å². The number of allylic oxidation sites excluding steroid dienone is 2. The fourth-order valence-corrected chi connectivity index (χ4v) is 2.22. The van der Waals surface area contributed by atoms with E-state index in [1.165, 1.54) is 6.42 Å².